The second-order valence-electron chi connectivity index (χ2n) is 4.71. The quantitative estimate of drug-likeness (QED) is 0.504. The molecular weight excluding hydrogens is 222 g/mol. The Hall–Kier alpha value is -2.35. The van der Waals surface area contributed by atoms with Crippen LogP contribution in [0.25, 0.3) is 22.2 Å². The van der Waals surface area contributed by atoms with Crippen molar-refractivity contribution in [2.45, 2.75) is 6.42 Å². The summed E-state index contributed by atoms with van der Waals surface area (Å²) in [7, 11) is 0. The number of phenols is 1. The van der Waals surface area contributed by atoms with Crippen LogP contribution in [0.2, 0.25) is 0 Å². The van der Waals surface area contributed by atoms with Gasteiger partial charge in [-0.25, -0.2) is 4.98 Å². The molecule has 0 amide bonds. The number of phenolic OH excluding ortho intramolecular Hbond substituents is 1. The van der Waals surface area contributed by atoms with Gasteiger partial charge >= 0.3 is 0 Å². The van der Waals surface area contributed by atoms with E-state index in [2.05, 4.69) is 24.3 Å². The van der Waals surface area contributed by atoms with Crippen LogP contribution in [-0.4, -0.2) is 10.1 Å². The van der Waals surface area contributed by atoms with Crippen molar-refractivity contribution in [3.63, 3.8) is 0 Å². The minimum absolute atomic E-state index is 0.265. The van der Waals surface area contributed by atoms with Crippen molar-refractivity contribution in [1.82, 2.24) is 4.98 Å². The van der Waals surface area contributed by atoms with Gasteiger partial charge in [0.2, 0.25) is 0 Å². The van der Waals surface area contributed by atoms with Crippen LogP contribution in [0.5, 0.6) is 5.75 Å². The molecule has 86 valence electrons. The topological polar surface area (TPSA) is 33.1 Å². The number of rotatable bonds is 0. The predicted octanol–water partition coefficient (Wildman–Crippen LogP) is 3.51. The maximum Gasteiger partial charge on any atom is 0.117 e. The highest BCUT2D eigenvalue weighted by Crippen LogP contribution is 2.36. The smallest absolute Gasteiger partial charge is 0.117 e. The lowest BCUT2D eigenvalue weighted by Gasteiger charge is -2.03. The first-order valence-corrected chi connectivity index (χ1v) is 6.02. The number of nitrogens with zero attached hydrogens (tertiary/aromatic N) is 1. The van der Waals surface area contributed by atoms with Crippen molar-refractivity contribution >= 4 is 10.9 Å². The lowest BCUT2D eigenvalue weighted by atomic mass is 10.1. The molecule has 1 aliphatic carbocycles. The summed E-state index contributed by atoms with van der Waals surface area (Å²) in [5, 5.41) is 10.6. The van der Waals surface area contributed by atoms with Gasteiger partial charge in [0.15, 0.2) is 0 Å². The Kier molecular flexibility index (Phi) is 1.78. The number of aromatic hydroxyl groups is 1. The van der Waals surface area contributed by atoms with E-state index >= 15 is 0 Å². The first-order valence-electron chi connectivity index (χ1n) is 6.02. The lowest BCUT2D eigenvalue weighted by molar-refractivity contribution is 0.476. The molecule has 0 aliphatic heterocycles. The van der Waals surface area contributed by atoms with E-state index in [9.17, 15) is 5.11 Å². The van der Waals surface area contributed by atoms with E-state index in [1.54, 1.807) is 12.1 Å². The maximum absolute atomic E-state index is 9.53. The molecule has 0 saturated heterocycles. The average Bonchev–Trinajstić information content (AvgIpc) is 2.74. The second kappa shape index (κ2) is 3.33. The fourth-order valence-corrected chi connectivity index (χ4v) is 2.68. The third-order valence-corrected chi connectivity index (χ3v) is 3.53. The van der Waals surface area contributed by atoms with Crippen LogP contribution >= 0.6 is 0 Å². The minimum Gasteiger partial charge on any atom is -0.508 e. The van der Waals surface area contributed by atoms with Gasteiger partial charge in [-0.1, -0.05) is 24.3 Å². The van der Waals surface area contributed by atoms with E-state index in [1.165, 1.54) is 16.7 Å². The average molecular weight is 233 g/mol. The number of aromatic nitrogens is 1. The maximum atomic E-state index is 9.53. The first kappa shape index (κ1) is 9.66. The van der Waals surface area contributed by atoms with Gasteiger partial charge in [0.1, 0.15) is 5.75 Å². The molecule has 0 saturated carbocycles. The van der Waals surface area contributed by atoms with Crippen LogP contribution in [0.15, 0.2) is 48.5 Å². The highest BCUT2D eigenvalue weighted by atomic mass is 16.3. The van der Waals surface area contributed by atoms with Gasteiger partial charge in [-0.2, -0.15) is 0 Å². The Morgan fingerprint density at radius 3 is 2.78 bits per heavy atom. The zero-order valence-electron chi connectivity index (χ0n) is 9.72. The van der Waals surface area contributed by atoms with Crippen LogP contribution in [0, 0.1) is 0 Å². The molecule has 0 bridgehead atoms. The van der Waals surface area contributed by atoms with E-state index < -0.39 is 0 Å². The van der Waals surface area contributed by atoms with Crippen LogP contribution in [0.1, 0.15) is 11.1 Å². The fourth-order valence-electron chi connectivity index (χ4n) is 2.68. The first-order chi connectivity index (χ1) is 8.81. The van der Waals surface area contributed by atoms with Crippen LogP contribution < -0.4 is 0 Å². The van der Waals surface area contributed by atoms with Crippen molar-refractivity contribution in [2.24, 2.45) is 0 Å². The van der Waals surface area contributed by atoms with E-state index in [4.69, 9.17) is 4.98 Å². The summed E-state index contributed by atoms with van der Waals surface area (Å²) in [5.41, 5.74) is 5.74. The molecule has 3 aromatic rings. The van der Waals surface area contributed by atoms with Crippen molar-refractivity contribution in [3.05, 3.63) is 59.7 Å². The van der Waals surface area contributed by atoms with Gasteiger partial charge < -0.3 is 5.11 Å². The van der Waals surface area contributed by atoms with Crippen LogP contribution in [0.3, 0.4) is 0 Å². The van der Waals surface area contributed by atoms with Gasteiger partial charge in [-0.3, -0.25) is 0 Å². The second-order valence-corrected chi connectivity index (χ2v) is 4.71. The van der Waals surface area contributed by atoms with Crippen LogP contribution in [-0.2, 0) is 6.42 Å². The Morgan fingerprint density at radius 1 is 0.944 bits per heavy atom. The fraction of sp³-hybridized carbons (Fsp3) is 0.0625. The molecule has 0 spiro atoms. The summed E-state index contributed by atoms with van der Waals surface area (Å²) in [5.74, 6) is 0.265. The Morgan fingerprint density at radius 2 is 1.83 bits per heavy atom. The normalized spacial score (nSPS) is 12.4. The number of hydrogen-bond acceptors (Lipinski definition) is 2. The number of fused-ring (bicyclic) bond motifs is 4. The molecule has 0 unspecified atom stereocenters. The molecule has 2 heteroatoms. The standard InChI is InChI=1S/C16H11NO/c18-13-6-5-11-8-12-7-10-3-1-2-4-14(10)16(12)17-15(11)9-13/h1-6,8-9,18H,7H2. The molecule has 2 nitrogen and oxygen atoms in total. The summed E-state index contributed by atoms with van der Waals surface area (Å²) in [6, 6.07) is 15.9. The molecule has 0 radical (unpaired) electrons. The molecule has 1 aromatic heterocycles. The van der Waals surface area contributed by atoms with Crippen molar-refractivity contribution < 1.29 is 5.11 Å². The van der Waals surface area contributed by atoms with E-state index in [0.717, 1.165) is 23.0 Å². The number of benzene rings is 2. The monoisotopic (exact) mass is 233 g/mol. The number of hydrogen-bond donors (Lipinski definition) is 1. The zero-order chi connectivity index (χ0) is 12.1. The number of pyridine rings is 1. The highest BCUT2D eigenvalue weighted by molar-refractivity contribution is 5.87. The van der Waals surface area contributed by atoms with Crippen molar-refractivity contribution in [1.29, 1.82) is 0 Å². The summed E-state index contributed by atoms with van der Waals surface area (Å²) in [4.78, 5) is 4.70. The summed E-state index contributed by atoms with van der Waals surface area (Å²) < 4.78 is 0. The predicted molar refractivity (Wildman–Crippen MR) is 71.6 cm³/mol. The largest absolute Gasteiger partial charge is 0.508 e. The van der Waals surface area contributed by atoms with Gasteiger partial charge in [0, 0.05) is 23.4 Å². The van der Waals surface area contributed by atoms with Gasteiger partial charge in [-0.05, 0) is 29.3 Å². The molecule has 1 aliphatic rings. The minimum atomic E-state index is 0.265. The molecule has 2 aromatic carbocycles. The Balaban J connectivity index is 2.05. The molecular formula is C16H11NO. The highest BCUT2D eigenvalue weighted by Gasteiger charge is 2.19. The van der Waals surface area contributed by atoms with Crippen molar-refractivity contribution in [3.8, 4) is 17.0 Å². The lowest BCUT2D eigenvalue weighted by Crippen LogP contribution is -1.86. The SMILES string of the molecule is Oc1ccc2cc3c(nc2c1)-c1ccccc1C3. The van der Waals surface area contributed by atoms with Gasteiger partial charge in [0.25, 0.3) is 0 Å². The third-order valence-electron chi connectivity index (χ3n) is 3.53. The zero-order valence-corrected chi connectivity index (χ0v) is 9.72. The molecule has 0 atom stereocenters. The van der Waals surface area contributed by atoms with Crippen molar-refractivity contribution in [2.75, 3.05) is 0 Å². The summed E-state index contributed by atoms with van der Waals surface area (Å²) >= 11 is 0. The van der Waals surface area contributed by atoms with Crippen LogP contribution in [0.4, 0.5) is 0 Å². The Bertz CT molecular complexity index is 777. The summed E-state index contributed by atoms with van der Waals surface area (Å²) in [6.07, 6.45) is 0.954. The van der Waals surface area contributed by atoms with E-state index in [1.807, 2.05) is 12.1 Å². The van der Waals surface area contributed by atoms with Gasteiger partial charge in [0.05, 0.1) is 11.2 Å². The third kappa shape index (κ3) is 1.26. The molecule has 4 rings (SSSR count). The van der Waals surface area contributed by atoms with E-state index in [-0.39, 0.29) is 5.75 Å². The molecule has 18 heavy (non-hydrogen) atoms. The molecule has 1 N–H and O–H groups in total. The Labute approximate surface area is 105 Å². The van der Waals surface area contributed by atoms with E-state index in [0.29, 0.717) is 0 Å². The summed E-state index contributed by atoms with van der Waals surface area (Å²) in [6.45, 7) is 0. The van der Waals surface area contributed by atoms with Gasteiger partial charge in [-0.15, -0.1) is 0 Å². The molecule has 0 fully saturated rings. The molecule has 1 heterocycles.